The molecule has 0 aromatic heterocycles. The highest BCUT2D eigenvalue weighted by atomic mass is 16.5. The lowest BCUT2D eigenvalue weighted by molar-refractivity contribution is -0.119. The summed E-state index contributed by atoms with van der Waals surface area (Å²) in [6.45, 7) is 5.50. The Bertz CT molecular complexity index is 770. The lowest BCUT2D eigenvalue weighted by atomic mass is 10.2. The molecule has 0 spiro atoms. The van der Waals surface area contributed by atoms with Crippen LogP contribution in [0.2, 0.25) is 0 Å². The maximum atomic E-state index is 12.1. The van der Waals surface area contributed by atoms with Crippen LogP contribution in [-0.2, 0) is 9.59 Å². The fraction of sp³-hybridized carbons (Fsp3) is 0.300. The number of methoxy groups -OCH3 is 1. The zero-order valence-electron chi connectivity index (χ0n) is 15.5. The van der Waals surface area contributed by atoms with E-state index in [0.29, 0.717) is 22.9 Å². The zero-order chi connectivity index (χ0) is 19.1. The number of rotatable bonds is 7. The molecule has 6 heteroatoms. The van der Waals surface area contributed by atoms with Crippen LogP contribution in [0.4, 0.5) is 11.4 Å². The number of amides is 2. The minimum absolute atomic E-state index is 0.1000. The lowest BCUT2D eigenvalue weighted by Crippen LogP contribution is -2.20. The second-order valence-electron chi connectivity index (χ2n) is 6.21. The summed E-state index contributed by atoms with van der Waals surface area (Å²) < 4.78 is 10.7. The fourth-order valence-electron chi connectivity index (χ4n) is 2.13. The van der Waals surface area contributed by atoms with E-state index in [2.05, 4.69) is 10.6 Å². The van der Waals surface area contributed by atoms with Crippen LogP contribution in [0.3, 0.4) is 0 Å². The molecule has 2 aromatic rings. The number of ether oxygens (including phenoxy) is 2. The van der Waals surface area contributed by atoms with Crippen LogP contribution < -0.4 is 20.1 Å². The second-order valence-corrected chi connectivity index (χ2v) is 6.21. The summed E-state index contributed by atoms with van der Waals surface area (Å²) in [6, 6.07) is 12.5. The molecule has 0 saturated carbocycles. The Balaban J connectivity index is 1.96. The van der Waals surface area contributed by atoms with Gasteiger partial charge in [-0.25, -0.2) is 0 Å². The molecular formula is C20H24N2O4. The molecule has 2 amide bonds. The SMILES string of the molecule is COc1cc(NC(=O)COc2ccc(C)cc2)ccc1NC(=O)C(C)C. The van der Waals surface area contributed by atoms with Gasteiger partial charge in [-0.3, -0.25) is 9.59 Å². The average molecular weight is 356 g/mol. The van der Waals surface area contributed by atoms with E-state index in [4.69, 9.17) is 9.47 Å². The van der Waals surface area contributed by atoms with Gasteiger partial charge >= 0.3 is 0 Å². The largest absolute Gasteiger partial charge is 0.494 e. The topological polar surface area (TPSA) is 76.7 Å². The predicted molar refractivity (Wildman–Crippen MR) is 102 cm³/mol. The van der Waals surface area contributed by atoms with Crippen LogP contribution >= 0.6 is 0 Å². The molecule has 138 valence electrons. The van der Waals surface area contributed by atoms with Crippen molar-refractivity contribution in [2.24, 2.45) is 5.92 Å². The predicted octanol–water partition coefficient (Wildman–Crippen LogP) is 3.62. The molecule has 2 aromatic carbocycles. The fourth-order valence-corrected chi connectivity index (χ4v) is 2.13. The van der Waals surface area contributed by atoms with Crippen LogP contribution in [-0.4, -0.2) is 25.5 Å². The van der Waals surface area contributed by atoms with Crippen molar-refractivity contribution in [3.63, 3.8) is 0 Å². The van der Waals surface area contributed by atoms with Gasteiger partial charge in [-0.2, -0.15) is 0 Å². The number of hydrogen-bond donors (Lipinski definition) is 2. The monoisotopic (exact) mass is 356 g/mol. The third-order valence-electron chi connectivity index (χ3n) is 3.66. The summed E-state index contributed by atoms with van der Waals surface area (Å²) in [6.07, 6.45) is 0. The molecule has 0 heterocycles. The van der Waals surface area contributed by atoms with E-state index in [1.807, 2.05) is 45.0 Å². The number of aryl methyl sites for hydroxylation is 1. The van der Waals surface area contributed by atoms with Crippen molar-refractivity contribution in [3.8, 4) is 11.5 Å². The summed E-state index contributed by atoms with van der Waals surface area (Å²) in [5.74, 6) is 0.572. The second kappa shape index (κ2) is 8.89. The first kappa shape index (κ1) is 19.3. The van der Waals surface area contributed by atoms with E-state index >= 15 is 0 Å². The third-order valence-corrected chi connectivity index (χ3v) is 3.66. The Morgan fingerprint density at radius 1 is 1.04 bits per heavy atom. The summed E-state index contributed by atoms with van der Waals surface area (Å²) in [5.41, 5.74) is 2.24. The van der Waals surface area contributed by atoms with Gasteiger partial charge < -0.3 is 20.1 Å². The molecule has 0 aliphatic rings. The first-order chi connectivity index (χ1) is 12.4. The lowest BCUT2D eigenvalue weighted by Gasteiger charge is -2.14. The normalized spacial score (nSPS) is 10.3. The molecule has 0 aliphatic heterocycles. The van der Waals surface area contributed by atoms with Gasteiger partial charge in [0, 0.05) is 17.7 Å². The van der Waals surface area contributed by atoms with Crippen molar-refractivity contribution in [2.75, 3.05) is 24.4 Å². The number of carbonyl (C=O) groups is 2. The van der Waals surface area contributed by atoms with E-state index < -0.39 is 0 Å². The van der Waals surface area contributed by atoms with Gasteiger partial charge in [0.1, 0.15) is 11.5 Å². The van der Waals surface area contributed by atoms with Gasteiger partial charge in [0.2, 0.25) is 5.91 Å². The highest BCUT2D eigenvalue weighted by Gasteiger charge is 2.12. The Hall–Kier alpha value is -3.02. The standard InChI is InChI=1S/C20H24N2O4/c1-13(2)20(24)22-17-10-7-15(11-18(17)25-4)21-19(23)12-26-16-8-5-14(3)6-9-16/h5-11,13H,12H2,1-4H3,(H,21,23)(H,22,24). The Morgan fingerprint density at radius 2 is 1.73 bits per heavy atom. The molecule has 0 radical (unpaired) electrons. The maximum Gasteiger partial charge on any atom is 0.262 e. The number of hydrogen-bond acceptors (Lipinski definition) is 4. The molecular weight excluding hydrogens is 332 g/mol. The highest BCUT2D eigenvalue weighted by molar-refractivity contribution is 5.95. The molecule has 0 fully saturated rings. The van der Waals surface area contributed by atoms with Crippen molar-refractivity contribution in [1.29, 1.82) is 0 Å². The summed E-state index contributed by atoms with van der Waals surface area (Å²) in [4.78, 5) is 23.9. The van der Waals surface area contributed by atoms with Gasteiger partial charge in [-0.1, -0.05) is 31.5 Å². The molecule has 26 heavy (non-hydrogen) atoms. The first-order valence-corrected chi connectivity index (χ1v) is 8.37. The van der Waals surface area contributed by atoms with Crippen LogP contribution in [0.25, 0.3) is 0 Å². The van der Waals surface area contributed by atoms with Crippen LogP contribution in [0.1, 0.15) is 19.4 Å². The quantitative estimate of drug-likeness (QED) is 0.794. The van der Waals surface area contributed by atoms with E-state index in [1.54, 1.807) is 18.2 Å². The maximum absolute atomic E-state index is 12.1. The van der Waals surface area contributed by atoms with Crippen molar-refractivity contribution >= 4 is 23.2 Å². The van der Waals surface area contributed by atoms with Gasteiger partial charge in [-0.15, -0.1) is 0 Å². The molecule has 2 N–H and O–H groups in total. The van der Waals surface area contributed by atoms with Crippen molar-refractivity contribution in [2.45, 2.75) is 20.8 Å². The number of anilines is 2. The minimum Gasteiger partial charge on any atom is -0.494 e. The average Bonchev–Trinajstić information content (AvgIpc) is 2.62. The van der Waals surface area contributed by atoms with Crippen molar-refractivity contribution < 1.29 is 19.1 Å². The summed E-state index contributed by atoms with van der Waals surface area (Å²) >= 11 is 0. The van der Waals surface area contributed by atoms with Crippen LogP contribution in [0, 0.1) is 12.8 Å². The molecule has 2 rings (SSSR count). The summed E-state index contributed by atoms with van der Waals surface area (Å²) in [7, 11) is 1.51. The van der Waals surface area contributed by atoms with E-state index in [9.17, 15) is 9.59 Å². The van der Waals surface area contributed by atoms with Gasteiger partial charge in [-0.05, 0) is 31.2 Å². The molecule has 0 saturated heterocycles. The Morgan fingerprint density at radius 3 is 2.35 bits per heavy atom. The number of benzene rings is 2. The Labute approximate surface area is 153 Å². The minimum atomic E-state index is -0.286. The van der Waals surface area contributed by atoms with Crippen LogP contribution in [0.15, 0.2) is 42.5 Å². The van der Waals surface area contributed by atoms with E-state index in [-0.39, 0.29) is 24.3 Å². The molecule has 0 atom stereocenters. The van der Waals surface area contributed by atoms with Gasteiger partial charge in [0.05, 0.1) is 12.8 Å². The highest BCUT2D eigenvalue weighted by Crippen LogP contribution is 2.28. The first-order valence-electron chi connectivity index (χ1n) is 8.37. The van der Waals surface area contributed by atoms with E-state index in [1.165, 1.54) is 7.11 Å². The van der Waals surface area contributed by atoms with Gasteiger partial charge in [0.25, 0.3) is 5.91 Å². The number of carbonyl (C=O) groups excluding carboxylic acids is 2. The number of nitrogens with one attached hydrogen (secondary N) is 2. The third kappa shape index (κ3) is 5.51. The molecule has 6 nitrogen and oxygen atoms in total. The van der Waals surface area contributed by atoms with Crippen molar-refractivity contribution in [3.05, 3.63) is 48.0 Å². The molecule has 0 bridgehead atoms. The van der Waals surface area contributed by atoms with Crippen molar-refractivity contribution in [1.82, 2.24) is 0 Å². The van der Waals surface area contributed by atoms with Gasteiger partial charge in [0.15, 0.2) is 6.61 Å². The smallest absolute Gasteiger partial charge is 0.262 e. The van der Waals surface area contributed by atoms with Crippen LogP contribution in [0.5, 0.6) is 11.5 Å². The Kier molecular flexibility index (Phi) is 6.60. The molecule has 0 aliphatic carbocycles. The molecule has 0 unspecified atom stereocenters. The van der Waals surface area contributed by atoms with E-state index in [0.717, 1.165) is 5.56 Å². The summed E-state index contributed by atoms with van der Waals surface area (Å²) in [5, 5.41) is 5.54. The zero-order valence-corrected chi connectivity index (χ0v) is 15.5.